The van der Waals surface area contributed by atoms with Crippen LogP contribution < -0.4 is 9.47 Å². The Balaban J connectivity index is 1.84. The molecule has 1 N–H and O–H groups in total. The number of methoxy groups -OCH3 is 2. The lowest BCUT2D eigenvalue weighted by atomic mass is 9.95. The third-order valence-electron chi connectivity index (χ3n) is 5.66. The lowest BCUT2D eigenvalue weighted by molar-refractivity contribution is -0.140. The number of amides is 1. The van der Waals surface area contributed by atoms with Crippen molar-refractivity contribution in [3.8, 4) is 11.5 Å². The number of halogens is 2. The molecule has 1 unspecified atom stereocenters. The van der Waals surface area contributed by atoms with Crippen LogP contribution in [-0.2, 0) is 16.1 Å². The van der Waals surface area contributed by atoms with Crippen LogP contribution in [0.3, 0.4) is 0 Å². The Morgan fingerprint density at radius 3 is 2.24 bits per heavy atom. The molecule has 6 nitrogen and oxygen atoms in total. The first-order chi connectivity index (χ1) is 16.3. The Hall–Kier alpha value is -3.48. The summed E-state index contributed by atoms with van der Waals surface area (Å²) in [7, 11) is 3.02. The van der Waals surface area contributed by atoms with Gasteiger partial charge in [-0.05, 0) is 53.6 Å². The molecule has 1 atom stereocenters. The molecule has 34 heavy (non-hydrogen) atoms. The molecular formula is C26H21Cl2NO5. The minimum atomic E-state index is -0.818. The Bertz CT molecular complexity index is 1270. The van der Waals surface area contributed by atoms with E-state index in [2.05, 4.69) is 0 Å². The number of benzene rings is 3. The number of ketones is 1. The van der Waals surface area contributed by atoms with Crippen molar-refractivity contribution in [3.63, 3.8) is 0 Å². The van der Waals surface area contributed by atoms with Gasteiger partial charge in [-0.25, -0.2) is 0 Å². The van der Waals surface area contributed by atoms with Gasteiger partial charge in [0.2, 0.25) is 0 Å². The summed E-state index contributed by atoms with van der Waals surface area (Å²) in [5.41, 5.74) is 1.72. The highest BCUT2D eigenvalue weighted by atomic mass is 35.5. The highest BCUT2D eigenvalue weighted by Gasteiger charge is 2.46. The van der Waals surface area contributed by atoms with Gasteiger partial charge in [-0.1, -0.05) is 47.5 Å². The van der Waals surface area contributed by atoms with Gasteiger partial charge in [0.25, 0.3) is 11.7 Å². The van der Waals surface area contributed by atoms with Crippen molar-refractivity contribution >= 4 is 40.7 Å². The Kier molecular flexibility index (Phi) is 6.82. The van der Waals surface area contributed by atoms with E-state index in [1.165, 1.54) is 18.1 Å². The average molecular weight is 498 g/mol. The van der Waals surface area contributed by atoms with Gasteiger partial charge in [0, 0.05) is 17.1 Å². The first-order valence-electron chi connectivity index (χ1n) is 10.3. The molecule has 3 aromatic rings. The van der Waals surface area contributed by atoms with Gasteiger partial charge >= 0.3 is 0 Å². The second-order valence-electron chi connectivity index (χ2n) is 7.68. The number of rotatable bonds is 6. The summed E-state index contributed by atoms with van der Waals surface area (Å²) in [6.07, 6.45) is 0. The molecular weight excluding hydrogens is 477 g/mol. The molecule has 174 valence electrons. The number of Topliss-reactive ketones (excluding diaryl/α,β-unsaturated/α-hetero) is 1. The van der Waals surface area contributed by atoms with E-state index in [1.807, 2.05) is 12.1 Å². The van der Waals surface area contributed by atoms with E-state index in [4.69, 9.17) is 32.7 Å². The maximum Gasteiger partial charge on any atom is 0.295 e. The minimum absolute atomic E-state index is 0.0230. The van der Waals surface area contributed by atoms with Crippen LogP contribution in [0.4, 0.5) is 0 Å². The van der Waals surface area contributed by atoms with E-state index in [9.17, 15) is 14.7 Å². The molecule has 1 aliphatic rings. The molecule has 1 saturated heterocycles. The molecule has 0 spiro atoms. The van der Waals surface area contributed by atoms with Crippen LogP contribution in [0.15, 0.2) is 72.3 Å². The van der Waals surface area contributed by atoms with E-state index < -0.39 is 17.7 Å². The summed E-state index contributed by atoms with van der Waals surface area (Å²) in [5.74, 6) is -0.790. The average Bonchev–Trinajstić information content (AvgIpc) is 3.09. The number of ether oxygens (including phenoxy) is 2. The number of hydrogen-bond acceptors (Lipinski definition) is 5. The number of carbonyl (C=O) groups excluding carboxylic acids is 2. The fourth-order valence-corrected chi connectivity index (χ4v) is 4.25. The van der Waals surface area contributed by atoms with E-state index in [-0.39, 0.29) is 17.9 Å². The summed E-state index contributed by atoms with van der Waals surface area (Å²) in [5, 5.41) is 12.1. The van der Waals surface area contributed by atoms with Crippen molar-refractivity contribution in [2.24, 2.45) is 0 Å². The monoisotopic (exact) mass is 497 g/mol. The summed E-state index contributed by atoms with van der Waals surface area (Å²) in [6, 6.07) is 17.8. The highest BCUT2D eigenvalue weighted by molar-refractivity contribution is 6.46. The van der Waals surface area contributed by atoms with Gasteiger partial charge < -0.3 is 19.5 Å². The van der Waals surface area contributed by atoms with E-state index in [0.29, 0.717) is 32.7 Å². The topological polar surface area (TPSA) is 76.1 Å². The third kappa shape index (κ3) is 4.47. The van der Waals surface area contributed by atoms with Crippen LogP contribution in [0.5, 0.6) is 11.5 Å². The summed E-state index contributed by atoms with van der Waals surface area (Å²) in [6.45, 7) is 0.155. The number of nitrogens with zero attached hydrogens (tertiary/aromatic N) is 1. The van der Waals surface area contributed by atoms with E-state index in [0.717, 1.165) is 5.56 Å². The smallest absolute Gasteiger partial charge is 0.295 e. The van der Waals surface area contributed by atoms with Crippen molar-refractivity contribution in [1.82, 2.24) is 4.90 Å². The van der Waals surface area contributed by atoms with Gasteiger partial charge in [-0.2, -0.15) is 0 Å². The van der Waals surface area contributed by atoms with Crippen LogP contribution in [0, 0.1) is 0 Å². The predicted molar refractivity (Wildman–Crippen MR) is 130 cm³/mol. The standard InChI is InChI=1S/C26H21Cl2NO5/c1-33-19-10-3-15(4-11-19)14-29-23(16-5-8-18(27)9-6-16)22(25(31)26(29)32)24(30)17-7-12-20(28)21(13-17)34-2/h3-13,23,30H,14H2,1-2H3/b24-22-. The molecule has 0 aromatic heterocycles. The lowest BCUT2D eigenvalue weighted by Gasteiger charge is -2.25. The Morgan fingerprint density at radius 1 is 0.941 bits per heavy atom. The summed E-state index contributed by atoms with van der Waals surface area (Å²) >= 11 is 12.2. The quantitative estimate of drug-likeness (QED) is 0.271. The van der Waals surface area contributed by atoms with Crippen LogP contribution in [-0.4, -0.2) is 35.9 Å². The molecule has 1 aliphatic heterocycles. The van der Waals surface area contributed by atoms with Crippen molar-refractivity contribution < 1.29 is 24.2 Å². The normalized spacial score (nSPS) is 17.2. The van der Waals surface area contributed by atoms with Crippen LogP contribution >= 0.6 is 23.2 Å². The fourth-order valence-electron chi connectivity index (χ4n) is 3.92. The molecule has 0 saturated carbocycles. The molecule has 1 heterocycles. The van der Waals surface area contributed by atoms with E-state index in [1.54, 1.807) is 55.6 Å². The largest absolute Gasteiger partial charge is 0.507 e. The van der Waals surface area contributed by atoms with Gasteiger partial charge in [0.15, 0.2) is 0 Å². The van der Waals surface area contributed by atoms with E-state index >= 15 is 0 Å². The first-order valence-corrected chi connectivity index (χ1v) is 11.1. The SMILES string of the molecule is COc1ccc(CN2C(=O)C(=O)/C(=C(\O)c3ccc(Cl)c(OC)c3)C2c2ccc(Cl)cc2)cc1. The summed E-state index contributed by atoms with van der Waals surface area (Å²) in [4.78, 5) is 27.8. The number of aliphatic hydroxyl groups excluding tert-OH is 1. The lowest BCUT2D eigenvalue weighted by Crippen LogP contribution is -2.29. The zero-order valence-electron chi connectivity index (χ0n) is 18.4. The Morgan fingerprint density at radius 2 is 1.62 bits per heavy atom. The molecule has 8 heteroatoms. The number of hydrogen-bond donors (Lipinski definition) is 1. The molecule has 1 fully saturated rings. The zero-order chi connectivity index (χ0) is 24.4. The number of carbonyl (C=O) groups is 2. The van der Waals surface area contributed by atoms with Crippen molar-refractivity contribution in [3.05, 3.63) is 99.0 Å². The molecule has 0 aliphatic carbocycles. The van der Waals surface area contributed by atoms with Crippen LogP contribution in [0.2, 0.25) is 10.0 Å². The second kappa shape index (κ2) is 9.79. The molecule has 1 amide bonds. The highest BCUT2D eigenvalue weighted by Crippen LogP contribution is 2.41. The molecule has 4 rings (SSSR count). The van der Waals surface area contributed by atoms with Crippen LogP contribution in [0.1, 0.15) is 22.7 Å². The first kappa shape index (κ1) is 23.7. The van der Waals surface area contributed by atoms with Crippen molar-refractivity contribution in [2.75, 3.05) is 14.2 Å². The van der Waals surface area contributed by atoms with Crippen molar-refractivity contribution in [2.45, 2.75) is 12.6 Å². The maximum atomic E-state index is 13.2. The zero-order valence-corrected chi connectivity index (χ0v) is 19.9. The maximum absolute atomic E-state index is 13.2. The van der Waals surface area contributed by atoms with Gasteiger partial charge in [-0.15, -0.1) is 0 Å². The van der Waals surface area contributed by atoms with Crippen LogP contribution in [0.25, 0.3) is 5.76 Å². The van der Waals surface area contributed by atoms with Gasteiger partial charge in [0.1, 0.15) is 17.3 Å². The number of aliphatic hydroxyl groups is 1. The molecule has 3 aromatic carbocycles. The van der Waals surface area contributed by atoms with Crippen molar-refractivity contribution in [1.29, 1.82) is 0 Å². The fraction of sp³-hybridized carbons (Fsp3) is 0.154. The molecule has 0 bridgehead atoms. The Labute approximate surface area is 206 Å². The second-order valence-corrected chi connectivity index (χ2v) is 8.52. The number of likely N-dealkylation sites (tertiary alicyclic amines) is 1. The third-order valence-corrected chi connectivity index (χ3v) is 6.23. The summed E-state index contributed by atoms with van der Waals surface area (Å²) < 4.78 is 10.4. The van der Waals surface area contributed by atoms with Gasteiger partial charge in [-0.3, -0.25) is 9.59 Å². The predicted octanol–water partition coefficient (Wildman–Crippen LogP) is 5.63. The molecule has 0 radical (unpaired) electrons. The minimum Gasteiger partial charge on any atom is -0.507 e. The van der Waals surface area contributed by atoms with Gasteiger partial charge in [0.05, 0.1) is 30.9 Å².